The first-order valence-electron chi connectivity index (χ1n) is 10.9. The molecule has 8 heteroatoms. The van der Waals surface area contributed by atoms with E-state index in [0.29, 0.717) is 11.3 Å². The lowest BCUT2D eigenvalue weighted by Crippen LogP contribution is -2.34. The first kappa shape index (κ1) is 24.4. The standard InChI is InChI=1S/C26H26F3NO3S/c1-24(2)8-9-25(3,4)19-13-17(26(27,28)29)15(12-18(19)24)16-10-14(6-7-20(16)33-5)11-21-22(31)30-23(32)34-21/h6-7,10-13H,8-9H2,1-5H3,(H,30,31,32). The van der Waals surface area contributed by atoms with Crippen LogP contribution < -0.4 is 10.1 Å². The van der Waals surface area contributed by atoms with E-state index in [-0.39, 0.29) is 26.9 Å². The number of fused-ring (bicyclic) bond motifs is 1. The SMILES string of the molecule is COc1ccc(C=C2SC(=O)NC2=O)cc1-c1cc2c(cc1C(F)(F)F)C(C)(C)CCC2(C)C. The average Bonchev–Trinajstić information content (AvgIpc) is 3.06. The number of thioether (sulfide) groups is 1. The highest BCUT2D eigenvalue weighted by molar-refractivity contribution is 8.18. The molecule has 1 saturated heterocycles. The average molecular weight is 490 g/mol. The topological polar surface area (TPSA) is 55.4 Å². The van der Waals surface area contributed by atoms with Crippen molar-refractivity contribution in [3.05, 3.63) is 57.5 Å². The van der Waals surface area contributed by atoms with Crippen molar-refractivity contribution >= 4 is 29.0 Å². The third kappa shape index (κ3) is 4.35. The Balaban J connectivity index is 1.97. The molecule has 180 valence electrons. The number of alkyl halides is 3. The number of methoxy groups -OCH3 is 1. The highest BCUT2D eigenvalue weighted by atomic mass is 32.2. The van der Waals surface area contributed by atoms with Crippen LogP contribution >= 0.6 is 11.8 Å². The fourth-order valence-electron chi connectivity index (χ4n) is 4.67. The van der Waals surface area contributed by atoms with Gasteiger partial charge in [0.15, 0.2) is 0 Å². The van der Waals surface area contributed by atoms with E-state index in [1.54, 1.807) is 24.3 Å². The summed E-state index contributed by atoms with van der Waals surface area (Å²) in [5, 5.41) is 1.70. The Labute approximate surface area is 201 Å². The molecule has 1 aliphatic carbocycles. The minimum absolute atomic E-state index is 0.0359. The second-order valence-electron chi connectivity index (χ2n) is 10.0. The van der Waals surface area contributed by atoms with Gasteiger partial charge in [-0.05, 0) is 88.0 Å². The maximum absolute atomic E-state index is 14.4. The van der Waals surface area contributed by atoms with E-state index in [0.717, 1.165) is 35.7 Å². The molecule has 2 aromatic carbocycles. The van der Waals surface area contributed by atoms with Gasteiger partial charge in [-0.3, -0.25) is 14.9 Å². The van der Waals surface area contributed by atoms with Gasteiger partial charge in [-0.2, -0.15) is 13.2 Å². The van der Waals surface area contributed by atoms with Crippen LogP contribution in [-0.4, -0.2) is 18.3 Å². The molecule has 34 heavy (non-hydrogen) atoms. The van der Waals surface area contributed by atoms with Gasteiger partial charge >= 0.3 is 6.18 Å². The number of rotatable bonds is 3. The number of halogens is 3. The summed E-state index contributed by atoms with van der Waals surface area (Å²) in [4.78, 5) is 23.6. The minimum Gasteiger partial charge on any atom is -0.496 e. The Bertz CT molecular complexity index is 1230. The highest BCUT2D eigenvalue weighted by Gasteiger charge is 2.42. The minimum atomic E-state index is -4.57. The first-order chi connectivity index (χ1) is 15.7. The lowest BCUT2D eigenvalue weighted by atomic mass is 9.62. The monoisotopic (exact) mass is 489 g/mol. The van der Waals surface area contributed by atoms with Crippen LogP contribution in [0.25, 0.3) is 17.2 Å². The van der Waals surface area contributed by atoms with Crippen molar-refractivity contribution in [2.75, 3.05) is 7.11 Å². The van der Waals surface area contributed by atoms with Gasteiger partial charge in [0.05, 0.1) is 17.6 Å². The van der Waals surface area contributed by atoms with Gasteiger partial charge in [-0.1, -0.05) is 33.8 Å². The molecule has 4 nitrogen and oxygen atoms in total. The lowest BCUT2D eigenvalue weighted by Gasteiger charge is -2.42. The lowest BCUT2D eigenvalue weighted by molar-refractivity contribution is -0.137. The number of benzene rings is 2. The summed E-state index contributed by atoms with van der Waals surface area (Å²) in [6, 6.07) is 7.75. The summed E-state index contributed by atoms with van der Waals surface area (Å²) in [6.45, 7) is 8.09. The molecular weight excluding hydrogens is 463 g/mol. The van der Waals surface area contributed by atoms with Gasteiger partial charge in [-0.15, -0.1) is 0 Å². The zero-order valence-electron chi connectivity index (χ0n) is 19.6. The predicted octanol–water partition coefficient (Wildman–Crippen LogP) is 7.05. The summed E-state index contributed by atoms with van der Waals surface area (Å²) in [6.07, 6.45) is -1.42. The zero-order valence-corrected chi connectivity index (χ0v) is 20.5. The van der Waals surface area contributed by atoms with Crippen molar-refractivity contribution in [3.63, 3.8) is 0 Å². The number of nitrogens with one attached hydrogen (secondary N) is 1. The smallest absolute Gasteiger partial charge is 0.417 e. The van der Waals surface area contributed by atoms with Crippen molar-refractivity contribution in [2.45, 2.75) is 57.5 Å². The Hall–Kier alpha value is -2.74. The van der Waals surface area contributed by atoms with Crippen LogP contribution in [-0.2, 0) is 21.8 Å². The number of ether oxygens (including phenoxy) is 1. The Morgan fingerprint density at radius 2 is 1.59 bits per heavy atom. The van der Waals surface area contributed by atoms with E-state index in [4.69, 9.17) is 4.74 Å². The van der Waals surface area contributed by atoms with Crippen LogP contribution in [0.15, 0.2) is 35.2 Å². The highest BCUT2D eigenvalue weighted by Crippen LogP contribution is 2.51. The molecule has 0 saturated carbocycles. The molecule has 0 unspecified atom stereocenters. The molecule has 2 aromatic rings. The van der Waals surface area contributed by atoms with Crippen molar-refractivity contribution < 1.29 is 27.5 Å². The van der Waals surface area contributed by atoms with Crippen LogP contribution in [0.1, 0.15) is 62.8 Å². The molecule has 0 spiro atoms. The molecule has 1 heterocycles. The third-order valence-electron chi connectivity index (χ3n) is 6.75. The van der Waals surface area contributed by atoms with Gasteiger partial charge in [0.25, 0.3) is 11.1 Å². The molecule has 0 radical (unpaired) electrons. The largest absolute Gasteiger partial charge is 0.496 e. The van der Waals surface area contributed by atoms with Gasteiger partial charge in [0.2, 0.25) is 0 Å². The van der Waals surface area contributed by atoms with Crippen LogP contribution in [0.5, 0.6) is 5.75 Å². The summed E-state index contributed by atoms with van der Waals surface area (Å²) in [5.74, 6) is -0.235. The molecule has 1 N–H and O–H groups in total. The normalized spacial score (nSPS) is 20.3. The van der Waals surface area contributed by atoms with Crippen LogP contribution in [0.2, 0.25) is 0 Å². The molecule has 2 aliphatic rings. The van der Waals surface area contributed by atoms with Gasteiger partial charge in [-0.25, -0.2) is 0 Å². The molecular formula is C26H26F3NO3S. The number of hydrogen-bond donors (Lipinski definition) is 1. The maximum atomic E-state index is 14.4. The number of carbonyl (C=O) groups is 2. The van der Waals surface area contributed by atoms with Crippen molar-refractivity contribution in [1.82, 2.24) is 5.32 Å². The van der Waals surface area contributed by atoms with Crippen molar-refractivity contribution in [2.24, 2.45) is 0 Å². The van der Waals surface area contributed by atoms with Gasteiger partial charge < -0.3 is 4.74 Å². The zero-order chi connectivity index (χ0) is 25.1. The molecule has 0 aromatic heterocycles. The molecule has 0 atom stereocenters. The number of amides is 2. The summed E-state index contributed by atoms with van der Waals surface area (Å²) < 4.78 is 48.5. The van der Waals surface area contributed by atoms with Crippen LogP contribution in [0.4, 0.5) is 18.0 Å². The molecule has 1 aliphatic heterocycles. The third-order valence-corrected chi connectivity index (χ3v) is 7.56. The molecule has 2 amide bonds. The number of carbonyl (C=O) groups excluding carboxylic acids is 2. The van der Waals surface area contributed by atoms with E-state index in [2.05, 4.69) is 19.2 Å². The summed E-state index contributed by atoms with van der Waals surface area (Å²) in [7, 11) is 1.41. The second kappa shape index (κ2) is 8.18. The van der Waals surface area contributed by atoms with E-state index >= 15 is 0 Å². The Morgan fingerprint density at radius 1 is 0.971 bits per heavy atom. The first-order valence-corrected chi connectivity index (χ1v) is 11.7. The van der Waals surface area contributed by atoms with Gasteiger partial charge in [0, 0.05) is 5.56 Å². The predicted molar refractivity (Wildman–Crippen MR) is 128 cm³/mol. The maximum Gasteiger partial charge on any atom is 0.417 e. The molecule has 4 rings (SSSR count). The van der Waals surface area contributed by atoms with E-state index in [1.165, 1.54) is 19.3 Å². The van der Waals surface area contributed by atoms with Crippen molar-refractivity contribution in [1.29, 1.82) is 0 Å². The Kier molecular flexibility index (Phi) is 5.87. The van der Waals surface area contributed by atoms with E-state index in [1.807, 2.05) is 13.8 Å². The molecule has 1 fully saturated rings. The summed E-state index contributed by atoms with van der Waals surface area (Å²) >= 11 is 0.756. The van der Waals surface area contributed by atoms with Crippen LogP contribution in [0.3, 0.4) is 0 Å². The summed E-state index contributed by atoms with van der Waals surface area (Å²) in [5.41, 5.74) is 1.05. The number of imide groups is 1. The Morgan fingerprint density at radius 3 is 2.12 bits per heavy atom. The van der Waals surface area contributed by atoms with E-state index < -0.39 is 22.9 Å². The van der Waals surface area contributed by atoms with Crippen LogP contribution in [0, 0.1) is 0 Å². The van der Waals surface area contributed by atoms with Gasteiger partial charge in [0.1, 0.15) is 5.75 Å². The van der Waals surface area contributed by atoms with Crippen molar-refractivity contribution in [3.8, 4) is 16.9 Å². The quantitative estimate of drug-likeness (QED) is 0.469. The fraction of sp³-hybridized carbons (Fsp3) is 0.385. The number of hydrogen-bond acceptors (Lipinski definition) is 4. The fourth-order valence-corrected chi connectivity index (χ4v) is 5.35. The second-order valence-corrected chi connectivity index (χ2v) is 11.0. The van der Waals surface area contributed by atoms with E-state index in [9.17, 15) is 22.8 Å². The molecule has 0 bridgehead atoms.